The van der Waals surface area contributed by atoms with Gasteiger partial charge in [0.1, 0.15) is 5.69 Å². The highest BCUT2D eigenvalue weighted by Crippen LogP contribution is 2.32. The minimum Gasteiger partial charge on any atom is -0.454 e. The van der Waals surface area contributed by atoms with Crippen molar-refractivity contribution in [2.45, 2.75) is 13.5 Å². The Bertz CT molecular complexity index is 947. The molecule has 0 spiro atoms. The van der Waals surface area contributed by atoms with Gasteiger partial charge in [0.2, 0.25) is 6.79 Å². The molecule has 6 nitrogen and oxygen atoms in total. The van der Waals surface area contributed by atoms with Crippen LogP contribution >= 0.6 is 0 Å². The average molecular weight is 349 g/mol. The zero-order valence-corrected chi connectivity index (χ0v) is 14.7. The minimum absolute atomic E-state index is 0.117. The number of benzene rings is 2. The van der Waals surface area contributed by atoms with E-state index in [0.717, 1.165) is 22.6 Å². The molecule has 0 fully saturated rings. The quantitative estimate of drug-likeness (QED) is 0.784. The number of hydrogen-bond donors (Lipinski definition) is 1. The van der Waals surface area contributed by atoms with Crippen LogP contribution < -0.4 is 9.47 Å². The van der Waals surface area contributed by atoms with Gasteiger partial charge in [0.15, 0.2) is 11.5 Å². The maximum Gasteiger partial charge on any atom is 0.271 e. The fourth-order valence-corrected chi connectivity index (χ4v) is 2.89. The van der Waals surface area contributed by atoms with E-state index in [4.69, 9.17) is 9.47 Å². The monoisotopic (exact) mass is 349 g/mol. The average Bonchev–Trinajstić information content (AvgIpc) is 3.30. The normalized spacial score (nSPS) is 12.2. The summed E-state index contributed by atoms with van der Waals surface area (Å²) in [5, 5.41) is 7.11. The van der Waals surface area contributed by atoms with Crippen LogP contribution in [0.5, 0.6) is 11.5 Å². The van der Waals surface area contributed by atoms with E-state index >= 15 is 0 Å². The van der Waals surface area contributed by atoms with Gasteiger partial charge in [-0.1, -0.05) is 35.9 Å². The van der Waals surface area contributed by atoms with E-state index in [1.807, 2.05) is 49.4 Å². The van der Waals surface area contributed by atoms with Crippen LogP contribution in [0.2, 0.25) is 0 Å². The van der Waals surface area contributed by atoms with Crippen molar-refractivity contribution < 1.29 is 14.3 Å². The Kier molecular flexibility index (Phi) is 4.08. The van der Waals surface area contributed by atoms with Crippen molar-refractivity contribution >= 4 is 5.91 Å². The number of fused-ring (bicyclic) bond motifs is 1. The molecule has 0 bridgehead atoms. The summed E-state index contributed by atoms with van der Waals surface area (Å²) < 4.78 is 10.7. The second-order valence-corrected chi connectivity index (χ2v) is 6.38. The second-order valence-electron chi connectivity index (χ2n) is 6.38. The molecule has 2 heterocycles. The zero-order chi connectivity index (χ0) is 18.1. The van der Waals surface area contributed by atoms with Gasteiger partial charge in [-0.2, -0.15) is 5.10 Å². The molecule has 1 aliphatic rings. The van der Waals surface area contributed by atoms with Crippen LogP contribution in [0.1, 0.15) is 21.6 Å². The first-order valence-electron chi connectivity index (χ1n) is 8.36. The number of aryl methyl sites for hydroxylation is 1. The highest BCUT2D eigenvalue weighted by molar-refractivity contribution is 5.93. The van der Waals surface area contributed by atoms with Crippen molar-refractivity contribution in [1.29, 1.82) is 0 Å². The van der Waals surface area contributed by atoms with E-state index in [2.05, 4.69) is 10.2 Å². The molecule has 1 N–H and O–H groups in total. The molecule has 3 aromatic rings. The molecule has 1 aliphatic heterocycles. The van der Waals surface area contributed by atoms with Crippen LogP contribution in [-0.2, 0) is 6.54 Å². The van der Waals surface area contributed by atoms with Crippen molar-refractivity contribution in [2.24, 2.45) is 0 Å². The maximum absolute atomic E-state index is 12.7. The highest BCUT2D eigenvalue weighted by Gasteiger charge is 2.18. The van der Waals surface area contributed by atoms with E-state index in [9.17, 15) is 4.79 Å². The maximum atomic E-state index is 12.7. The number of nitrogens with one attached hydrogen (secondary N) is 1. The fraction of sp³-hybridized carbons (Fsp3) is 0.200. The van der Waals surface area contributed by atoms with E-state index in [1.165, 1.54) is 5.56 Å². The molecule has 0 unspecified atom stereocenters. The summed E-state index contributed by atoms with van der Waals surface area (Å²) >= 11 is 0. The van der Waals surface area contributed by atoms with Crippen molar-refractivity contribution in [3.05, 3.63) is 65.4 Å². The van der Waals surface area contributed by atoms with Crippen molar-refractivity contribution in [3.63, 3.8) is 0 Å². The van der Waals surface area contributed by atoms with E-state index in [0.29, 0.717) is 18.0 Å². The first-order chi connectivity index (χ1) is 12.6. The number of rotatable bonds is 4. The van der Waals surface area contributed by atoms with Crippen molar-refractivity contribution in [2.75, 3.05) is 13.8 Å². The number of amides is 1. The molecular formula is C20H19N3O3. The lowest BCUT2D eigenvalue weighted by Gasteiger charge is -2.16. The van der Waals surface area contributed by atoms with Crippen molar-refractivity contribution in [1.82, 2.24) is 15.1 Å². The van der Waals surface area contributed by atoms with E-state index < -0.39 is 0 Å². The number of carbonyl (C=O) groups excluding carboxylic acids is 1. The standard InChI is InChI=1S/C20H19N3O3/c1-13-3-6-15(7-4-13)16-10-17(22-21-16)20(24)23(2)11-14-5-8-18-19(9-14)26-12-25-18/h3-10H,11-12H2,1-2H3,(H,21,22). The van der Waals surface area contributed by atoms with Gasteiger partial charge in [0, 0.05) is 19.2 Å². The Hall–Kier alpha value is -3.28. The molecule has 26 heavy (non-hydrogen) atoms. The van der Waals surface area contributed by atoms with Gasteiger partial charge in [-0.15, -0.1) is 0 Å². The number of aromatic amines is 1. The van der Waals surface area contributed by atoms with Gasteiger partial charge in [0.25, 0.3) is 5.91 Å². The van der Waals surface area contributed by atoms with Gasteiger partial charge < -0.3 is 14.4 Å². The summed E-state index contributed by atoms with van der Waals surface area (Å²) in [5.74, 6) is 1.33. The van der Waals surface area contributed by atoms with E-state index in [1.54, 1.807) is 18.0 Å². The Morgan fingerprint density at radius 2 is 1.88 bits per heavy atom. The molecule has 0 atom stereocenters. The van der Waals surface area contributed by atoms with Crippen LogP contribution in [-0.4, -0.2) is 34.8 Å². The topological polar surface area (TPSA) is 67.5 Å². The number of H-pyrrole nitrogens is 1. The van der Waals surface area contributed by atoms with Gasteiger partial charge in [-0.3, -0.25) is 9.89 Å². The number of carbonyl (C=O) groups is 1. The molecule has 0 saturated carbocycles. The van der Waals surface area contributed by atoms with Crippen LogP contribution in [0.25, 0.3) is 11.3 Å². The molecule has 6 heteroatoms. The first-order valence-corrected chi connectivity index (χ1v) is 8.36. The number of hydrogen-bond acceptors (Lipinski definition) is 4. The van der Waals surface area contributed by atoms with Crippen molar-refractivity contribution in [3.8, 4) is 22.8 Å². The fourth-order valence-electron chi connectivity index (χ4n) is 2.89. The molecule has 1 amide bonds. The third-order valence-electron chi connectivity index (χ3n) is 4.36. The lowest BCUT2D eigenvalue weighted by molar-refractivity contribution is 0.0779. The Labute approximate surface area is 151 Å². The summed E-state index contributed by atoms with van der Waals surface area (Å²) in [4.78, 5) is 14.3. The predicted octanol–water partition coefficient (Wildman–Crippen LogP) is 3.39. The highest BCUT2D eigenvalue weighted by atomic mass is 16.7. The smallest absolute Gasteiger partial charge is 0.271 e. The number of ether oxygens (including phenoxy) is 2. The van der Waals surface area contributed by atoms with Crippen LogP contribution in [0.3, 0.4) is 0 Å². The Balaban J connectivity index is 1.48. The lowest BCUT2D eigenvalue weighted by Crippen LogP contribution is -2.26. The summed E-state index contributed by atoms with van der Waals surface area (Å²) in [6.45, 7) is 2.74. The van der Waals surface area contributed by atoms with Gasteiger partial charge >= 0.3 is 0 Å². The van der Waals surface area contributed by atoms with Crippen LogP contribution in [0.15, 0.2) is 48.5 Å². The molecule has 0 aliphatic carbocycles. The lowest BCUT2D eigenvalue weighted by atomic mass is 10.1. The summed E-state index contributed by atoms with van der Waals surface area (Å²) in [6, 6.07) is 15.5. The number of aromatic nitrogens is 2. The Morgan fingerprint density at radius 3 is 2.69 bits per heavy atom. The first kappa shape index (κ1) is 16.2. The SMILES string of the molecule is Cc1ccc(-c2cc(C(=O)N(C)Cc3ccc4c(c3)OCO4)[nH]n2)cc1. The van der Waals surface area contributed by atoms with Gasteiger partial charge in [0.05, 0.1) is 5.69 Å². The third-order valence-corrected chi connectivity index (χ3v) is 4.36. The molecule has 1 aromatic heterocycles. The predicted molar refractivity (Wildman–Crippen MR) is 97.1 cm³/mol. The second kappa shape index (κ2) is 6.55. The summed E-state index contributed by atoms with van der Waals surface area (Å²) in [6.07, 6.45) is 0. The zero-order valence-electron chi connectivity index (χ0n) is 14.7. The van der Waals surface area contributed by atoms with Crippen LogP contribution in [0.4, 0.5) is 0 Å². The van der Waals surface area contributed by atoms with E-state index in [-0.39, 0.29) is 12.7 Å². The minimum atomic E-state index is -0.117. The summed E-state index contributed by atoms with van der Waals surface area (Å²) in [5.41, 5.74) is 4.35. The molecular weight excluding hydrogens is 330 g/mol. The molecule has 0 radical (unpaired) electrons. The largest absolute Gasteiger partial charge is 0.454 e. The molecule has 2 aromatic carbocycles. The number of nitrogens with zero attached hydrogens (tertiary/aromatic N) is 2. The van der Waals surface area contributed by atoms with Gasteiger partial charge in [-0.25, -0.2) is 0 Å². The molecule has 4 rings (SSSR count). The summed E-state index contributed by atoms with van der Waals surface area (Å²) in [7, 11) is 1.76. The Morgan fingerprint density at radius 1 is 1.12 bits per heavy atom. The van der Waals surface area contributed by atoms with Gasteiger partial charge in [-0.05, 0) is 30.7 Å². The van der Waals surface area contributed by atoms with Crippen LogP contribution in [0, 0.1) is 6.92 Å². The third kappa shape index (κ3) is 3.13. The molecule has 0 saturated heterocycles. The molecule has 132 valence electrons.